The van der Waals surface area contributed by atoms with Crippen LogP contribution < -0.4 is 0 Å². The Morgan fingerprint density at radius 3 is 1.70 bits per heavy atom. The maximum absolute atomic E-state index is 5.58. The quantitative estimate of drug-likeness (QED) is 0.121. The minimum Gasteiger partial charge on any atom is -0.357 e. The standard InChI is InChI=1S/C20H41NO4Si2/c1-5-22-19(23-6-2)26-17-13-11-9-10-12-15-21-16-14-18-27-20(24-7-3)25-8-4/h16,19-20H,5-15,17-18H2,1-4H3. The van der Waals surface area contributed by atoms with Crippen molar-refractivity contribution in [2.24, 2.45) is 4.99 Å². The largest absolute Gasteiger partial charge is 0.357 e. The van der Waals surface area contributed by atoms with Crippen molar-refractivity contribution in [3.05, 3.63) is 0 Å². The lowest BCUT2D eigenvalue weighted by Crippen LogP contribution is -2.24. The van der Waals surface area contributed by atoms with Gasteiger partial charge in [0.05, 0.1) is 0 Å². The Kier molecular flexibility index (Phi) is 22.2. The van der Waals surface area contributed by atoms with Crippen molar-refractivity contribution < 1.29 is 18.9 Å². The first-order chi connectivity index (χ1) is 13.3. The Bertz CT molecular complexity index is 310. The summed E-state index contributed by atoms with van der Waals surface area (Å²) in [5.74, 6) is -0.00124. The van der Waals surface area contributed by atoms with Gasteiger partial charge in [-0.1, -0.05) is 37.8 Å². The Morgan fingerprint density at radius 2 is 1.15 bits per heavy atom. The molecular formula is C20H41NO4Si2. The van der Waals surface area contributed by atoms with E-state index in [2.05, 4.69) is 11.2 Å². The molecule has 0 amide bonds. The number of rotatable bonds is 21. The molecule has 0 fully saturated rings. The van der Waals surface area contributed by atoms with E-state index in [1.165, 1.54) is 38.1 Å². The second-order valence-electron chi connectivity index (χ2n) is 6.04. The van der Waals surface area contributed by atoms with Crippen molar-refractivity contribution in [1.82, 2.24) is 0 Å². The lowest BCUT2D eigenvalue weighted by Gasteiger charge is -2.15. The molecule has 0 saturated heterocycles. The predicted octanol–water partition coefficient (Wildman–Crippen LogP) is 4.36. The molecular weight excluding hydrogens is 374 g/mol. The third-order valence-corrected chi connectivity index (χ3v) is 6.31. The van der Waals surface area contributed by atoms with Crippen molar-refractivity contribution >= 4 is 25.3 Å². The molecule has 0 rings (SSSR count). The van der Waals surface area contributed by atoms with Crippen LogP contribution in [0.1, 0.15) is 66.2 Å². The van der Waals surface area contributed by atoms with Crippen molar-refractivity contribution in [3.8, 4) is 0 Å². The van der Waals surface area contributed by atoms with Crippen molar-refractivity contribution in [2.45, 2.75) is 90.1 Å². The molecule has 27 heavy (non-hydrogen) atoms. The molecule has 0 spiro atoms. The van der Waals surface area contributed by atoms with Gasteiger partial charge in [0.1, 0.15) is 30.9 Å². The van der Waals surface area contributed by atoms with Gasteiger partial charge in [-0.2, -0.15) is 0 Å². The topological polar surface area (TPSA) is 49.3 Å². The smallest absolute Gasteiger partial charge is 0.137 e. The summed E-state index contributed by atoms with van der Waals surface area (Å²) in [7, 11) is 1.45. The maximum Gasteiger partial charge on any atom is 0.137 e. The van der Waals surface area contributed by atoms with Gasteiger partial charge in [0, 0.05) is 33.0 Å². The van der Waals surface area contributed by atoms with E-state index in [9.17, 15) is 0 Å². The van der Waals surface area contributed by atoms with Crippen LogP contribution in [-0.4, -0.2) is 70.1 Å². The monoisotopic (exact) mass is 415 g/mol. The Morgan fingerprint density at radius 1 is 0.667 bits per heavy atom. The second kappa shape index (κ2) is 22.2. The summed E-state index contributed by atoms with van der Waals surface area (Å²) >= 11 is 0. The third-order valence-electron chi connectivity index (χ3n) is 3.76. The van der Waals surface area contributed by atoms with Gasteiger partial charge >= 0.3 is 0 Å². The lowest BCUT2D eigenvalue weighted by molar-refractivity contribution is -0.0829. The number of hydrogen-bond donors (Lipinski definition) is 0. The summed E-state index contributed by atoms with van der Waals surface area (Å²) in [6.07, 6.45) is 9.46. The van der Waals surface area contributed by atoms with Crippen molar-refractivity contribution in [2.75, 3.05) is 33.0 Å². The van der Waals surface area contributed by atoms with E-state index in [1.807, 2.05) is 27.7 Å². The molecule has 4 radical (unpaired) electrons. The summed E-state index contributed by atoms with van der Waals surface area (Å²) in [5, 5.41) is 0. The number of aliphatic imine (C=N–C) groups is 1. The highest BCUT2D eigenvalue weighted by molar-refractivity contribution is 6.37. The molecule has 0 aromatic heterocycles. The van der Waals surface area contributed by atoms with E-state index in [1.54, 1.807) is 0 Å². The molecule has 0 bridgehead atoms. The molecule has 0 atom stereocenters. The number of ether oxygens (including phenoxy) is 4. The summed E-state index contributed by atoms with van der Waals surface area (Å²) in [6, 6.07) is 2.31. The van der Waals surface area contributed by atoms with E-state index in [4.69, 9.17) is 18.9 Å². The van der Waals surface area contributed by atoms with Gasteiger partial charge in [0.25, 0.3) is 0 Å². The fourth-order valence-corrected chi connectivity index (χ4v) is 4.82. The van der Waals surface area contributed by atoms with Crippen LogP contribution in [0.25, 0.3) is 0 Å². The van der Waals surface area contributed by atoms with E-state index in [0.29, 0.717) is 22.7 Å². The van der Waals surface area contributed by atoms with Gasteiger partial charge in [-0.15, -0.1) is 0 Å². The van der Waals surface area contributed by atoms with Gasteiger partial charge < -0.3 is 18.9 Å². The SMILES string of the molecule is CCOC(OCC)[Si]CCC=NCCCCCCC[Si]C(OCC)OCC. The fraction of sp³-hybridized carbons (Fsp3) is 0.950. The first kappa shape index (κ1) is 26.9. The lowest BCUT2D eigenvalue weighted by atomic mass is 10.1. The molecule has 0 N–H and O–H groups in total. The van der Waals surface area contributed by atoms with Crippen LogP contribution in [-0.2, 0) is 18.9 Å². The predicted molar refractivity (Wildman–Crippen MR) is 116 cm³/mol. The normalized spacial score (nSPS) is 12.1. The summed E-state index contributed by atoms with van der Waals surface area (Å²) in [4.78, 5) is 4.52. The molecule has 0 aromatic rings. The minimum absolute atomic E-state index is 0.0206. The van der Waals surface area contributed by atoms with Gasteiger partial charge in [-0.05, 0) is 46.8 Å². The van der Waals surface area contributed by atoms with E-state index >= 15 is 0 Å². The molecule has 0 aromatic carbocycles. The van der Waals surface area contributed by atoms with Crippen LogP contribution >= 0.6 is 0 Å². The van der Waals surface area contributed by atoms with E-state index in [0.717, 1.165) is 41.7 Å². The van der Waals surface area contributed by atoms with Gasteiger partial charge in [0.2, 0.25) is 0 Å². The van der Waals surface area contributed by atoms with Crippen LogP contribution in [0.3, 0.4) is 0 Å². The Hall–Kier alpha value is -0.0562. The van der Waals surface area contributed by atoms with Gasteiger partial charge in [-0.3, -0.25) is 4.99 Å². The molecule has 0 heterocycles. The first-order valence-electron chi connectivity index (χ1n) is 10.7. The van der Waals surface area contributed by atoms with Crippen LogP contribution in [0, 0.1) is 0 Å². The molecule has 158 valence electrons. The summed E-state index contributed by atoms with van der Waals surface area (Å²) < 4.78 is 22.3. The Labute approximate surface area is 172 Å². The average molecular weight is 416 g/mol. The molecule has 5 nitrogen and oxygen atoms in total. The van der Waals surface area contributed by atoms with Crippen molar-refractivity contribution in [1.29, 1.82) is 0 Å². The highest BCUT2D eigenvalue weighted by Crippen LogP contribution is 2.07. The molecule has 0 aliphatic heterocycles. The molecule has 0 aliphatic rings. The van der Waals surface area contributed by atoms with Crippen LogP contribution in [0.2, 0.25) is 12.1 Å². The number of unbranched alkanes of at least 4 members (excludes halogenated alkanes) is 4. The van der Waals surface area contributed by atoms with Crippen LogP contribution in [0.5, 0.6) is 0 Å². The fourth-order valence-electron chi connectivity index (χ4n) is 2.46. The number of hydrogen-bond acceptors (Lipinski definition) is 5. The van der Waals surface area contributed by atoms with Crippen LogP contribution in [0.4, 0.5) is 0 Å². The molecule has 0 aliphatic carbocycles. The van der Waals surface area contributed by atoms with E-state index in [-0.39, 0.29) is 11.8 Å². The van der Waals surface area contributed by atoms with E-state index < -0.39 is 0 Å². The van der Waals surface area contributed by atoms with Gasteiger partial charge in [-0.25, -0.2) is 0 Å². The average Bonchev–Trinajstić information content (AvgIpc) is 2.66. The zero-order valence-electron chi connectivity index (χ0n) is 18.0. The summed E-state index contributed by atoms with van der Waals surface area (Å²) in [5.41, 5.74) is 0. The molecule has 0 saturated carbocycles. The van der Waals surface area contributed by atoms with Crippen LogP contribution in [0.15, 0.2) is 4.99 Å². The highest BCUT2D eigenvalue weighted by atomic mass is 28.2. The Balaban J connectivity index is 3.42. The maximum atomic E-state index is 5.58. The highest BCUT2D eigenvalue weighted by Gasteiger charge is 2.08. The minimum atomic E-state index is -0.0219. The zero-order chi connectivity index (χ0) is 20.0. The molecule has 7 heteroatoms. The first-order valence-corrected chi connectivity index (χ1v) is 13.3. The second-order valence-corrected chi connectivity index (χ2v) is 8.80. The summed E-state index contributed by atoms with van der Waals surface area (Å²) in [6.45, 7) is 11.9. The van der Waals surface area contributed by atoms with Gasteiger partial charge in [0.15, 0.2) is 0 Å². The third kappa shape index (κ3) is 19.0. The number of nitrogens with zero attached hydrogens (tertiary/aromatic N) is 1. The molecule has 0 unspecified atom stereocenters. The van der Waals surface area contributed by atoms with Crippen molar-refractivity contribution in [3.63, 3.8) is 0 Å². The zero-order valence-corrected chi connectivity index (χ0v) is 20.0.